The molecule has 0 aliphatic carbocycles. The molecule has 0 rings (SSSR count). The van der Waals surface area contributed by atoms with Gasteiger partial charge in [-0.15, -0.1) is 0 Å². The van der Waals surface area contributed by atoms with Crippen LogP contribution in [-0.4, -0.2) is 41.0 Å². The number of phosphoric acid groups is 1. The Morgan fingerprint density at radius 1 is 0.478 bits per heavy atom. The molecule has 2 N–H and O–H groups in total. The normalized spacial score (nSPS) is 12.3. The summed E-state index contributed by atoms with van der Waals surface area (Å²) in [6, 6.07) is 0. The maximum atomic E-state index is 12.3. The van der Waals surface area contributed by atoms with Crippen LogP contribution in [0.5, 0.6) is 0 Å². The van der Waals surface area contributed by atoms with Gasteiger partial charge in [0.15, 0.2) is 6.10 Å². The van der Waals surface area contributed by atoms with Crippen molar-refractivity contribution in [1.82, 2.24) is 0 Å². The van der Waals surface area contributed by atoms with Crippen molar-refractivity contribution in [2.75, 3.05) is 13.2 Å². The average molecular weight is 677 g/mol. The van der Waals surface area contributed by atoms with Gasteiger partial charge in [-0.05, 0) is 12.8 Å². The summed E-state index contributed by atoms with van der Waals surface area (Å²) < 4.78 is 26.2. The van der Waals surface area contributed by atoms with Crippen molar-refractivity contribution < 1.29 is 37.9 Å². The Morgan fingerprint density at radius 2 is 0.783 bits per heavy atom. The summed E-state index contributed by atoms with van der Waals surface area (Å²) in [5, 5.41) is 0. The van der Waals surface area contributed by atoms with Gasteiger partial charge >= 0.3 is 19.8 Å². The van der Waals surface area contributed by atoms with Crippen LogP contribution < -0.4 is 0 Å². The maximum Gasteiger partial charge on any atom is 0.469 e. The van der Waals surface area contributed by atoms with Crippen LogP contribution >= 0.6 is 7.82 Å². The lowest BCUT2D eigenvalue weighted by atomic mass is 10.0. The van der Waals surface area contributed by atoms with E-state index in [0.29, 0.717) is 6.42 Å². The molecule has 0 bridgehead atoms. The largest absolute Gasteiger partial charge is 0.469 e. The van der Waals surface area contributed by atoms with Crippen LogP contribution in [0.25, 0.3) is 0 Å². The van der Waals surface area contributed by atoms with Gasteiger partial charge in [0.05, 0.1) is 6.61 Å². The zero-order chi connectivity index (χ0) is 34.0. The van der Waals surface area contributed by atoms with Crippen LogP contribution in [0.1, 0.15) is 206 Å². The Balaban J connectivity index is 3.73. The minimum Gasteiger partial charge on any atom is -0.462 e. The zero-order valence-electron chi connectivity index (χ0n) is 30.0. The van der Waals surface area contributed by atoms with E-state index in [1.807, 2.05) is 0 Å². The average Bonchev–Trinajstić information content (AvgIpc) is 3.02. The molecular weight excluding hydrogens is 603 g/mol. The summed E-state index contributed by atoms with van der Waals surface area (Å²) in [5.41, 5.74) is 0. The van der Waals surface area contributed by atoms with Gasteiger partial charge in [0, 0.05) is 12.8 Å². The topological polar surface area (TPSA) is 119 Å². The smallest absolute Gasteiger partial charge is 0.462 e. The molecule has 0 aliphatic rings. The molecule has 0 aliphatic heterocycles. The number of carbonyl (C=O) groups is 2. The highest BCUT2D eigenvalue weighted by atomic mass is 31.2. The van der Waals surface area contributed by atoms with E-state index in [9.17, 15) is 14.2 Å². The summed E-state index contributed by atoms with van der Waals surface area (Å²) >= 11 is 0. The second kappa shape index (κ2) is 33.9. The quantitative estimate of drug-likeness (QED) is 0.0382. The van der Waals surface area contributed by atoms with Crippen LogP contribution in [-0.2, 0) is 28.2 Å². The number of carbonyl (C=O) groups excluding carboxylic acids is 2. The first kappa shape index (κ1) is 45.0. The Kier molecular flexibility index (Phi) is 33.2. The van der Waals surface area contributed by atoms with Gasteiger partial charge in [-0.2, -0.15) is 0 Å². The highest BCUT2D eigenvalue weighted by Crippen LogP contribution is 2.36. The first-order valence-corrected chi connectivity index (χ1v) is 20.9. The Morgan fingerprint density at radius 3 is 1.11 bits per heavy atom. The molecular formula is C37H73O8P. The first-order valence-electron chi connectivity index (χ1n) is 19.3. The number of unbranched alkanes of at least 4 members (excludes halogenated alkanes) is 26. The number of hydrogen-bond acceptors (Lipinski definition) is 6. The van der Waals surface area contributed by atoms with E-state index in [4.69, 9.17) is 19.3 Å². The van der Waals surface area contributed by atoms with Gasteiger partial charge in [0.25, 0.3) is 0 Å². The second-order valence-corrected chi connectivity index (χ2v) is 14.5. The number of esters is 2. The molecule has 0 aromatic rings. The van der Waals surface area contributed by atoms with Gasteiger partial charge in [-0.25, -0.2) is 4.57 Å². The molecule has 1 unspecified atom stereocenters. The molecule has 9 heteroatoms. The van der Waals surface area contributed by atoms with Crippen LogP contribution in [0.2, 0.25) is 0 Å². The Hall–Kier alpha value is -0.950. The molecule has 0 spiro atoms. The number of rotatable bonds is 36. The lowest BCUT2D eigenvalue weighted by molar-refractivity contribution is -0.161. The molecule has 0 aromatic carbocycles. The van der Waals surface area contributed by atoms with E-state index < -0.39 is 32.5 Å². The van der Waals surface area contributed by atoms with Gasteiger partial charge in [-0.1, -0.05) is 181 Å². The van der Waals surface area contributed by atoms with Gasteiger partial charge < -0.3 is 19.3 Å². The van der Waals surface area contributed by atoms with E-state index >= 15 is 0 Å². The maximum absolute atomic E-state index is 12.3. The minimum absolute atomic E-state index is 0.219. The number of phosphoric ester groups is 1. The first-order chi connectivity index (χ1) is 22.3. The third-order valence-corrected chi connectivity index (χ3v) is 9.11. The van der Waals surface area contributed by atoms with Crippen LogP contribution in [0.3, 0.4) is 0 Å². The third kappa shape index (κ3) is 35.9. The fraction of sp³-hybridized carbons (Fsp3) is 0.946. The van der Waals surface area contributed by atoms with E-state index in [2.05, 4.69) is 18.4 Å². The molecule has 0 aromatic heterocycles. The highest BCUT2D eigenvalue weighted by Gasteiger charge is 2.22. The van der Waals surface area contributed by atoms with Gasteiger partial charge in [0.1, 0.15) is 6.61 Å². The molecule has 1 atom stereocenters. The Labute approximate surface area is 283 Å². The summed E-state index contributed by atoms with van der Waals surface area (Å²) in [6.07, 6.45) is 34.4. The molecule has 0 saturated heterocycles. The fourth-order valence-corrected chi connectivity index (χ4v) is 6.09. The van der Waals surface area contributed by atoms with E-state index in [-0.39, 0.29) is 19.4 Å². The second-order valence-electron chi connectivity index (χ2n) is 13.3. The summed E-state index contributed by atoms with van der Waals surface area (Å²) in [5.74, 6) is -0.883. The minimum atomic E-state index is -4.73. The van der Waals surface area contributed by atoms with Crippen molar-refractivity contribution in [2.24, 2.45) is 0 Å². The van der Waals surface area contributed by atoms with Crippen molar-refractivity contribution in [2.45, 2.75) is 213 Å². The molecule has 0 fully saturated rings. The van der Waals surface area contributed by atoms with Crippen molar-refractivity contribution in [3.05, 3.63) is 0 Å². The van der Waals surface area contributed by atoms with E-state index in [0.717, 1.165) is 38.5 Å². The molecule has 46 heavy (non-hydrogen) atoms. The lowest BCUT2D eigenvalue weighted by Crippen LogP contribution is -2.29. The molecule has 8 nitrogen and oxygen atoms in total. The summed E-state index contributed by atoms with van der Waals surface area (Å²) in [4.78, 5) is 42.4. The number of ether oxygens (including phenoxy) is 2. The van der Waals surface area contributed by atoms with Crippen molar-refractivity contribution >= 4 is 19.8 Å². The van der Waals surface area contributed by atoms with Crippen molar-refractivity contribution in [1.29, 1.82) is 0 Å². The van der Waals surface area contributed by atoms with Crippen LogP contribution in [0.4, 0.5) is 0 Å². The molecule has 0 saturated carbocycles. The molecule has 0 heterocycles. The van der Waals surface area contributed by atoms with Crippen LogP contribution in [0.15, 0.2) is 0 Å². The van der Waals surface area contributed by atoms with E-state index in [1.54, 1.807) is 0 Å². The van der Waals surface area contributed by atoms with Crippen molar-refractivity contribution in [3.8, 4) is 0 Å². The van der Waals surface area contributed by atoms with Crippen LogP contribution in [0, 0.1) is 0 Å². The van der Waals surface area contributed by atoms with Crippen molar-refractivity contribution in [3.63, 3.8) is 0 Å². The molecule has 0 radical (unpaired) electrons. The van der Waals surface area contributed by atoms with Gasteiger partial charge in [0.2, 0.25) is 0 Å². The zero-order valence-corrected chi connectivity index (χ0v) is 30.9. The lowest BCUT2D eigenvalue weighted by Gasteiger charge is -2.18. The predicted molar refractivity (Wildman–Crippen MR) is 189 cm³/mol. The summed E-state index contributed by atoms with van der Waals surface area (Å²) in [6.45, 7) is 3.62. The summed E-state index contributed by atoms with van der Waals surface area (Å²) in [7, 11) is -4.73. The standard InChI is InChI=1S/C37H73O8P/c1-3-5-7-9-11-12-13-14-15-16-17-18-19-20-21-22-23-24-25-26-28-30-32-37(39)45-35(34-44-46(40,41)42)33-43-36(38)31-29-27-10-8-6-4-2/h35H,3-34H2,1-2H3,(H2,40,41,42). The third-order valence-electron chi connectivity index (χ3n) is 8.63. The fourth-order valence-electron chi connectivity index (χ4n) is 5.73. The predicted octanol–water partition coefficient (Wildman–Crippen LogP) is 11.3. The molecule has 0 amide bonds. The highest BCUT2D eigenvalue weighted by molar-refractivity contribution is 7.46. The molecule has 274 valence electrons. The number of hydrogen-bond donors (Lipinski definition) is 2. The van der Waals surface area contributed by atoms with E-state index in [1.165, 1.54) is 135 Å². The SMILES string of the molecule is CCCCCCCCCCCCCCCCCCCCCCCCC(=O)OC(COC(=O)CCCCCCCC)COP(=O)(O)O. The van der Waals surface area contributed by atoms with Gasteiger partial charge in [-0.3, -0.25) is 14.1 Å². The Bertz CT molecular complexity index is 726. The monoisotopic (exact) mass is 677 g/mol.